The number of carbonyl (C=O) groups excluding carboxylic acids is 1. The topological polar surface area (TPSA) is 72.2 Å². The van der Waals surface area contributed by atoms with Crippen molar-refractivity contribution in [1.82, 2.24) is 24.9 Å². The number of fused-ring (bicyclic) bond motifs is 1. The molecular formula is C17H19N5OS. The minimum absolute atomic E-state index is 0.0384. The van der Waals surface area contributed by atoms with Crippen LogP contribution in [-0.4, -0.2) is 30.7 Å². The lowest BCUT2D eigenvalue weighted by molar-refractivity contribution is -0.120. The standard InChI is InChI=1S/C17H19N5OS/c1-11-9-12(2)22-16(19-11)20-17(21-22)24-13(3)15(23)18-10-14-7-5-4-6-8-14/h4-9,13H,10H2,1-3H3,(H,18,23). The predicted molar refractivity (Wildman–Crippen MR) is 93.9 cm³/mol. The first-order valence-electron chi connectivity index (χ1n) is 7.72. The van der Waals surface area contributed by atoms with Gasteiger partial charge in [-0.2, -0.15) is 4.98 Å². The molecule has 0 aliphatic heterocycles. The number of nitrogens with one attached hydrogen (secondary N) is 1. The molecule has 1 amide bonds. The van der Waals surface area contributed by atoms with E-state index >= 15 is 0 Å². The molecule has 0 saturated heterocycles. The molecule has 2 aromatic heterocycles. The lowest BCUT2D eigenvalue weighted by atomic mass is 10.2. The summed E-state index contributed by atoms with van der Waals surface area (Å²) < 4.78 is 1.70. The summed E-state index contributed by atoms with van der Waals surface area (Å²) in [7, 11) is 0. The first-order chi connectivity index (χ1) is 11.5. The Hall–Kier alpha value is -2.41. The fourth-order valence-electron chi connectivity index (χ4n) is 2.34. The van der Waals surface area contributed by atoms with Crippen molar-refractivity contribution in [3.63, 3.8) is 0 Å². The van der Waals surface area contributed by atoms with Crippen LogP contribution in [0.3, 0.4) is 0 Å². The molecule has 0 radical (unpaired) electrons. The van der Waals surface area contributed by atoms with Crippen LogP contribution in [0.2, 0.25) is 0 Å². The summed E-state index contributed by atoms with van der Waals surface area (Å²) in [5, 5.41) is 7.63. The van der Waals surface area contributed by atoms with Crippen LogP contribution in [0.5, 0.6) is 0 Å². The van der Waals surface area contributed by atoms with Crippen molar-refractivity contribution in [2.45, 2.75) is 37.7 Å². The summed E-state index contributed by atoms with van der Waals surface area (Å²) in [6, 6.07) is 11.8. The van der Waals surface area contributed by atoms with Crippen molar-refractivity contribution in [3.8, 4) is 0 Å². The predicted octanol–water partition coefficient (Wildman–Crippen LogP) is 2.54. The first kappa shape index (κ1) is 16.4. The number of rotatable bonds is 5. The van der Waals surface area contributed by atoms with Crippen LogP contribution in [0, 0.1) is 13.8 Å². The zero-order valence-electron chi connectivity index (χ0n) is 13.9. The molecule has 3 rings (SSSR count). The number of thioether (sulfide) groups is 1. The highest BCUT2D eigenvalue weighted by atomic mass is 32.2. The second-order valence-corrected chi connectivity index (χ2v) is 6.92. The third kappa shape index (κ3) is 3.73. The number of carbonyl (C=O) groups is 1. The Morgan fingerprint density at radius 2 is 2.00 bits per heavy atom. The minimum Gasteiger partial charge on any atom is -0.351 e. The summed E-state index contributed by atoms with van der Waals surface area (Å²) in [5.74, 6) is 0.524. The number of hydrogen-bond donors (Lipinski definition) is 1. The Morgan fingerprint density at radius 3 is 2.75 bits per heavy atom. The van der Waals surface area contributed by atoms with Gasteiger partial charge in [0.1, 0.15) is 0 Å². The van der Waals surface area contributed by atoms with Crippen LogP contribution in [0.1, 0.15) is 23.9 Å². The van der Waals surface area contributed by atoms with Crippen molar-refractivity contribution in [2.75, 3.05) is 0 Å². The van der Waals surface area contributed by atoms with Crippen molar-refractivity contribution >= 4 is 23.4 Å². The Kier molecular flexibility index (Phi) is 4.80. The Labute approximate surface area is 144 Å². The van der Waals surface area contributed by atoms with E-state index in [1.807, 2.05) is 57.2 Å². The molecule has 6 nitrogen and oxygen atoms in total. The molecule has 0 aliphatic rings. The first-order valence-corrected chi connectivity index (χ1v) is 8.60. The molecule has 3 aromatic rings. The monoisotopic (exact) mass is 341 g/mol. The van der Waals surface area contributed by atoms with Crippen molar-refractivity contribution in [3.05, 3.63) is 53.3 Å². The smallest absolute Gasteiger partial charge is 0.253 e. The van der Waals surface area contributed by atoms with Gasteiger partial charge >= 0.3 is 0 Å². The van der Waals surface area contributed by atoms with Gasteiger partial charge < -0.3 is 5.32 Å². The van der Waals surface area contributed by atoms with Gasteiger partial charge in [-0.3, -0.25) is 4.79 Å². The zero-order chi connectivity index (χ0) is 17.1. The Morgan fingerprint density at radius 1 is 1.25 bits per heavy atom. The summed E-state index contributed by atoms with van der Waals surface area (Å²) in [4.78, 5) is 21.0. The molecule has 124 valence electrons. The number of hydrogen-bond acceptors (Lipinski definition) is 5. The van der Waals surface area contributed by atoms with Crippen LogP contribution in [-0.2, 0) is 11.3 Å². The maximum atomic E-state index is 12.2. The molecule has 0 fully saturated rings. The normalized spacial score (nSPS) is 12.3. The highest BCUT2D eigenvalue weighted by Crippen LogP contribution is 2.20. The second-order valence-electron chi connectivity index (χ2n) is 5.61. The van der Waals surface area contributed by atoms with Crippen LogP contribution in [0.4, 0.5) is 0 Å². The third-order valence-electron chi connectivity index (χ3n) is 3.56. The lowest BCUT2D eigenvalue weighted by Gasteiger charge is -2.10. The van der Waals surface area contributed by atoms with Gasteiger partial charge in [0.25, 0.3) is 5.78 Å². The van der Waals surface area contributed by atoms with E-state index in [1.54, 1.807) is 4.52 Å². The number of amides is 1. The molecule has 2 heterocycles. The van der Waals surface area contributed by atoms with E-state index in [0.717, 1.165) is 17.0 Å². The quantitative estimate of drug-likeness (QED) is 0.722. The lowest BCUT2D eigenvalue weighted by Crippen LogP contribution is -2.30. The van der Waals surface area contributed by atoms with Gasteiger partial charge in [-0.1, -0.05) is 42.1 Å². The number of benzene rings is 1. The zero-order valence-corrected chi connectivity index (χ0v) is 14.7. The average Bonchev–Trinajstić information content (AvgIpc) is 2.96. The second kappa shape index (κ2) is 7.00. The summed E-state index contributed by atoms with van der Waals surface area (Å²) in [5.41, 5.74) is 2.94. The molecule has 0 aliphatic carbocycles. The van der Waals surface area contributed by atoms with Crippen molar-refractivity contribution in [1.29, 1.82) is 0 Å². The maximum Gasteiger partial charge on any atom is 0.253 e. The molecule has 24 heavy (non-hydrogen) atoms. The highest BCUT2D eigenvalue weighted by Gasteiger charge is 2.17. The van der Waals surface area contributed by atoms with Crippen LogP contribution >= 0.6 is 11.8 Å². The molecule has 0 spiro atoms. The molecule has 1 atom stereocenters. The van der Waals surface area contributed by atoms with E-state index < -0.39 is 0 Å². The molecular weight excluding hydrogens is 322 g/mol. The fraction of sp³-hybridized carbons (Fsp3) is 0.294. The van der Waals surface area contributed by atoms with Gasteiger partial charge in [-0.05, 0) is 32.4 Å². The number of aryl methyl sites for hydroxylation is 2. The highest BCUT2D eigenvalue weighted by molar-refractivity contribution is 8.00. The molecule has 0 bridgehead atoms. The van der Waals surface area contributed by atoms with Gasteiger partial charge in [0.2, 0.25) is 11.1 Å². The van der Waals surface area contributed by atoms with E-state index in [2.05, 4.69) is 20.4 Å². The summed E-state index contributed by atoms with van der Waals surface area (Å²) in [6.45, 7) is 6.25. The fourth-order valence-corrected chi connectivity index (χ4v) is 3.11. The van der Waals surface area contributed by atoms with Crippen LogP contribution in [0.15, 0.2) is 41.6 Å². The molecule has 0 saturated carbocycles. The van der Waals surface area contributed by atoms with Gasteiger partial charge in [0.15, 0.2) is 0 Å². The SMILES string of the molecule is Cc1cc(C)n2nc(SC(C)C(=O)NCc3ccccc3)nc2n1. The summed E-state index contributed by atoms with van der Waals surface area (Å²) >= 11 is 1.33. The Bertz CT molecular complexity index is 862. The summed E-state index contributed by atoms with van der Waals surface area (Å²) in [6.07, 6.45) is 0. The van der Waals surface area contributed by atoms with Gasteiger partial charge in [0, 0.05) is 17.9 Å². The van der Waals surface area contributed by atoms with Gasteiger partial charge in [-0.15, -0.1) is 5.10 Å². The van der Waals surface area contributed by atoms with Gasteiger partial charge in [0.05, 0.1) is 5.25 Å². The largest absolute Gasteiger partial charge is 0.351 e. The third-order valence-corrected chi connectivity index (χ3v) is 4.51. The average molecular weight is 341 g/mol. The van der Waals surface area contributed by atoms with E-state index in [-0.39, 0.29) is 11.2 Å². The number of nitrogens with zero attached hydrogens (tertiary/aromatic N) is 4. The number of aromatic nitrogens is 4. The van der Waals surface area contributed by atoms with Crippen LogP contribution in [0.25, 0.3) is 5.78 Å². The minimum atomic E-state index is -0.285. The van der Waals surface area contributed by atoms with E-state index in [0.29, 0.717) is 17.5 Å². The van der Waals surface area contributed by atoms with E-state index in [1.165, 1.54) is 11.8 Å². The molecule has 1 aromatic carbocycles. The van der Waals surface area contributed by atoms with Crippen molar-refractivity contribution < 1.29 is 4.79 Å². The van der Waals surface area contributed by atoms with E-state index in [4.69, 9.17) is 0 Å². The Balaban J connectivity index is 1.64. The van der Waals surface area contributed by atoms with Crippen LogP contribution < -0.4 is 5.32 Å². The maximum absolute atomic E-state index is 12.2. The molecule has 7 heteroatoms. The molecule has 1 unspecified atom stereocenters. The molecule has 1 N–H and O–H groups in total. The van der Waals surface area contributed by atoms with Crippen molar-refractivity contribution in [2.24, 2.45) is 0 Å². The van der Waals surface area contributed by atoms with E-state index in [9.17, 15) is 4.79 Å². The van der Waals surface area contributed by atoms with Gasteiger partial charge in [-0.25, -0.2) is 9.50 Å².